The first-order valence-corrected chi connectivity index (χ1v) is 11.3. The third-order valence-corrected chi connectivity index (χ3v) is 8.95. The number of aliphatic hydroxyl groups excluding tert-OH is 2. The van der Waals surface area contributed by atoms with Crippen LogP contribution >= 0.6 is 0 Å². The van der Waals surface area contributed by atoms with Gasteiger partial charge < -0.3 is 24.1 Å². The Bertz CT molecular complexity index is 648. The van der Waals surface area contributed by atoms with Crippen LogP contribution in [-0.4, -0.2) is 50.9 Å². The Kier molecular flexibility index (Phi) is 7.43. The molecule has 0 heterocycles. The van der Waals surface area contributed by atoms with Crippen molar-refractivity contribution in [2.45, 2.75) is 51.1 Å². The lowest BCUT2D eigenvalue weighted by Gasteiger charge is -2.36. The fourth-order valence-corrected chi connectivity index (χ4v) is 2.90. The van der Waals surface area contributed by atoms with Gasteiger partial charge in [-0.25, -0.2) is 4.79 Å². The van der Waals surface area contributed by atoms with Crippen LogP contribution in [-0.2, 0) is 9.53 Å². The average molecular weight is 383 g/mol. The topological polar surface area (TPSA) is 85.2 Å². The second-order valence-corrected chi connectivity index (χ2v) is 12.3. The van der Waals surface area contributed by atoms with E-state index < -0.39 is 26.5 Å². The normalized spacial score (nSPS) is 14.8. The van der Waals surface area contributed by atoms with Crippen LogP contribution in [0.15, 0.2) is 24.3 Å². The molecule has 2 atom stereocenters. The van der Waals surface area contributed by atoms with Crippen LogP contribution in [0.3, 0.4) is 0 Å². The first-order chi connectivity index (χ1) is 11.9. The van der Waals surface area contributed by atoms with E-state index in [1.807, 2.05) is 12.1 Å². The van der Waals surface area contributed by atoms with E-state index >= 15 is 0 Å². The van der Waals surface area contributed by atoms with Crippen LogP contribution in [0.25, 0.3) is 6.08 Å². The first kappa shape index (κ1) is 22.2. The van der Waals surface area contributed by atoms with E-state index in [1.165, 1.54) is 6.08 Å². The van der Waals surface area contributed by atoms with Crippen molar-refractivity contribution >= 4 is 20.4 Å². The minimum Gasteiger partial charge on any atom is -0.541 e. The van der Waals surface area contributed by atoms with Crippen LogP contribution < -0.4 is 9.16 Å². The van der Waals surface area contributed by atoms with Crippen molar-refractivity contribution in [3.63, 3.8) is 0 Å². The highest BCUT2D eigenvalue weighted by molar-refractivity contribution is 6.74. The Labute approximate surface area is 156 Å². The SMILES string of the molecule is COC(=O)C(O)C(O)/C=C/c1ccc(O[Si](C)(C)C(C)(C)C)c(OC)c1. The van der Waals surface area contributed by atoms with Crippen LogP contribution in [0, 0.1) is 0 Å². The summed E-state index contributed by atoms with van der Waals surface area (Å²) in [6.45, 7) is 10.8. The summed E-state index contributed by atoms with van der Waals surface area (Å²) >= 11 is 0. The Morgan fingerprint density at radius 2 is 1.77 bits per heavy atom. The quantitative estimate of drug-likeness (QED) is 0.557. The summed E-state index contributed by atoms with van der Waals surface area (Å²) in [5.41, 5.74) is 0.737. The molecule has 2 unspecified atom stereocenters. The summed E-state index contributed by atoms with van der Waals surface area (Å²) in [6, 6.07) is 5.41. The predicted molar refractivity (Wildman–Crippen MR) is 104 cm³/mol. The molecule has 1 aromatic carbocycles. The second-order valence-electron chi connectivity index (χ2n) is 7.59. The third-order valence-electron chi connectivity index (χ3n) is 4.61. The number of esters is 1. The molecule has 6 nitrogen and oxygen atoms in total. The van der Waals surface area contributed by atoms with Crippen molar-refractivity contribution in [1.29, 1.82) is 0 Å². The van der Waals surface area contributed by atoms with Gasteiger partial charge in [-0.15, -0.1) is 0 Å². The van der Waals surface area contributed by atoms with Crippen molar-refractivity contribution in [2.24, 2.45) is 0 Å². The number of hydrogen-bond acceptors (Lipinski definition) is 6. The molecule has 1 aromatic rings. The molecule has 1 rings (SSSR count). The molecular formula is C19H30O6Si. The van der Waals surface area contributed by atoms with E-state index in [1.54, 1.807) is 19.3 Å². The van der Waals surface area contributed by atoms with Crippen molar-refractivity contribution < 1.29 is 28.9 Å². The van der Waals surface area contributed by atoms with Crippen LogP contribution in [0.5, 0.6) is 11.5 Å². The van der Waals surface area contributed by atoms with Gasteiger partial charge >= 0.3 is 5.97 Å². The summed E-state index contributed by atoms with van der Waals surface area (Å²) in [4.78, 5) is 11.2. The van der Waals surface area contributed by atoms with Gasteiger partial charge in [0.25, 0.3) is 8.32 Å². The van der Waals surface area contributed by atoms with Crippen LogP contribution in [0.2, 0.25) is 18.1 Å². The molecule has 26 heavy (non-hydrogen) atoms. The zero-order valence-corrected chi connectivity index (χ0v) is 17.6. The number of aliphatic hydroxyl groups is 2. The zero-order valence-electron chi connectivity index (χ0n) is 16.6. The fraction of sp³-hybridized carbons (Fsp3) is 0.526. The molecule has 0 aromatic heterocycles. The molecule has 0 aliphatic carbocycles. The lowest BCUT2D eigenvalue weighted by molar-refractivity contribution is -0.154. The van der Waals surface area contributed by atoms with Gasteiger partial charge in [-0.3, -0.25) is 0 Å². The molecule has 0 fully saturated rings. The van der Waals surface area contributed by atoms with Gasteiger partial charge in [-0.1, -0.05) is 39.0 Å². The van der Waals surface area contributed by atoms with Gasteiger partial charge in [0.2, 0.25) is 0 Å². The summed E-state index contributed by atoms with van der Waals surface area (Å²) in [6.07, 6.45) is -0.0730. The second kappa shape index (κ2) is 8.70. The third kappa shape index (κ3) is 5.59. The van der Waals surface area contributed by atoms with E-state index in [0.29, 0.717) is 11.5 Å². The molecule has 0 saturated heterocycles. The Hall–Kier alpha value is -1.83. The number of carbonyl (C=O) groups is 1. The molecule has 7 heteroatoms. The molecular weight excluding hydrogens is 352 g/mol. The number of ether oxygens (including phenoxy) is 2. The number of hydrogen-bond donors (Lipinski definition) is 2. The molecule has 2 N–H and O–H groups in total. The largest absolute Gasteiger partial charge is 0.541 e. The molecule has 0 bridgehead atoms. The van der Waals surface area contributed by atoms with E-state index in [0.717, 1.165) is 12.7 Å². The van der Waals surface area contributed by atoms with E-state index in [9.17, 15) is 15.0 Å². The lowest BCUT2D eigenvalue weighted by atomic mass is 10.1. The van der Waals surface area contributed by atoms with Gasteiger partial charge in [0.15, 0.2) is 11.9 Å². The number of carbonyl (C=O) groups excluding carboxylic acids is 1. The Morgan fingerprint density at radius 1 is 1.15 bits per heavy atom. The van der Waals surface area contributed by atoms with Gasteiger partial charge in [-0.05, 0) is 35.8 Å². The van der Waals surface area contributed by atoms with Gasteiger partial charge in [-0.2, -0.15) is 0 Å². The highest BCUT2D eigenvalue weighted by atomic mass is 28.4. The summed E-state index contributed by atoms with van der Waals surface area (Å²) in [7, 11) is 0.712. The fourth-order valence-electron chi connectivity index (χ4n) is 1.88. The average Bonchev–Trinajstić information content (AvgIpc) is 2.57. The Balaban J connectivity index is 2.99. The molecule has 146 valence electrons. The summed E-state index contributed by atoms with van der Waals surface area (Å²) in [5, 5.41) is 19.5. The monoisotopic (exact) mass is 382 g/mol. The maximum atomic E-state index is 11.2. The highest BCUT2D eigenvalue weighted by Gasteiger charge is 2.39. The Morgan fingerprint density at radius 3 is 2.27 bits per heavy atom. The van der Waals surface area contributed by atoms with Crippen molar-refractivity contribution in [1.82, 2.24) is 0 Å². The summed E-state index contributed by atoms with van der Waals surface area (Å²) < 4.78 is 16.1. The molecule has 0 spiro atoms. The number of rotatable bonds is 7. The molecule has 0 amide bonds. The molecule has 0 saturated carbocycles. The standard InChI is InChI=1S/C19H30O6Si/c1-19(2,3)26(6,7)25-15-11-9-13(12-16(15)23-4)8-10-14(20)17(21)18(22)24-5/h8-12,14,17,20-21H,1-7H3/b10-8+. The smallest absolute Gasteiger partial charge is 0.337 e. The van der Waals surface area contributed by atoms with E-state index in [2.05, 4.69) is 38.6 Å². The molecule has 0 aliphatic heterocycles. The number of benzene rings is 1. The maximum absolute atomic E-state index is 11.2. The van der Waals surface area contributed by atoms with Gasteiger partial charge in [0.1, 0.15) is 11.9 Å². The van der Waals surface area contributed by atoms with Crippen molar-refractivity contribution in [3.05, 3.63) is 29.8 Å². The van der Waals surface area contributed by atoms with Gasteiger partial charge in [0.05, 0.1) is 14.2 Å². The van der Waals surface area contributed by atoms with Gasteiger partial charge in [0, 0.05) is 0 Å². The van der Waals surface area contributed by atoms with Crippen molar-refractivity contribution in [2.75, 3.05) is 14.2 Å². The van der Waals surface area contributed by atoms with Crippen LogP contribution in [0.1, 0.15) is 26.3 Å². The first-order valence-electron chi connectivity index (χ1n) is 8.42. The van der Waals surface area contributed by atoms with Crippen LogP contribution in [0.4, 0.5) is 0 Å². The maximum Gasteiger partial charge on any atom is 0.337 e. The van der Waals surface area contributed by atoms with Crippen molar-refractivity contribution in [3.8, 4) is 11.5 Å². The minimum atomic E-state index is -2.00. The molecule has 0 aliphatic rings. The lowest BCUT2D eigenvalue weighted by Crippen LogP contribution is -2.43. The number of methoxy groups -OCH3 is 2. The minimum absolute atomic E-state index is 0.0602. The molecule has 0 radical (unpaired) electrons. The predicted octanol–water partition coefficient (Wildman–Crippen LogP) is 2.99. The highest BCUT2D eigenvalue weighted by Crippen LogP contribution is 2.40. The van der Waals surface area contributed by atoms with E-state index in [-0.39, 0.29) is 5.04 Å². The van der Waals surface area contributed by atoms with E-state index in [4.69, 9.17) is 9.16 Å². The zero-order chi connectivity index (χ0) is 20.1. The summed E-state index contributed by atoms with van der Waals surface area (Å²) in [5.74, 6) is 0.365.